The second kappa shape index (κ2) is 6.48. The van der Waals surface area contributed by atoms with Crippen LogP contribution in [-0.4, -0.2) is 0 Å². The maximum absolute atomic E-state index is 8.51. The number of rotatable bonds is 4. The Morgan fingerprint density at radius 2 is 1.36 bits per heavy atom. The van der Waals surface area contributed by atoms with Gasteiger partial charge in [-0.05, 0) is 28.3 Å². The van der Waals surface area contributed by atoms with Gasteiger partial charge in [0.05, 0.1) is 0 Å². The fourth-order valence-electron chi connectivity index (χ4n) is 2.43. The molecule has 0 atom stereocenters. The minimum absolute atomic E-state index is 0.533. The molecule has 0 unspecified atom stereocenters. The van der Waals surface area contributed by atoms with Gasteiger partial charge in [-0.1, -0.05) is 72.8 Å². The maximum atomic E-state index is 8.51. The van der Waals surface area contributed by atoms with Gasteiger partial charge in [-0.25, -0.2) is 0 Å². The van der Waals surface area contributed by atoms with Gasteiger partial charge >= 0.3 is 0 Å². The first kappa shape index (κ1) is 13.7. The van der Waals surface area contributed by atoms with Crippen LogP contribution in [0.3, 0.4) is 0 Å². The third-order valence-corrected chi connectivity index (χ3v) is 3.35. The molecule has 0 aromatic heterocycles. The number of hydrogen-bond acceptors (Lipinski definition) is 2. The summed E-state index contributed by atoms with van der Waals surface area (Å²) in [5.74, 6) is 0.533. The molecule has 0 aliphatic rings. The maximum Gasteiger partial charge on any atom is 0.145 e. The Morgan fingerprint density at radius 3 is 2.00 bits per heavy atom. The van der Waals surface area contributed by atoms with E-state index in [4.69, 9.17) is 10.4 Å². The molecule has 0 aliphatic heterocycles. The van der Waals surface area contributed by atoms with Gasteiger partial charge in [0, 0.05) is 10.5 Å². The highest BCUT2D eigenvalue weighted by molar-refractivity contribution is 5.87. The zero-order chi connectivity index (χ0) is 15.2. The summed E-state index contributed by atoms with van der Waals surface area (Å²) in [6, 6.07) is 25.7. The van der Waals surface area contributed by atoms with Crippen LogP contribution in [0.4, 0.5) is 0 Å². The molecule has 22 heavy (non-hydrogen) atoms. The summed E-state index contributed by atoms with van der Waals surface area (Å²) in [6.45, 7) is 0. The summed E-state index contributed by atoms with van der Waals surface area (Å²) < 4.78 is 0. The van der Waals surface area contributed by atoms with Gasteiger partial charge < -0.3 is 4.84 Å². The van der Waals surface area contributed by atoms with Crippen LogP contribution in [0.15, 0.2) is 84.1 Å². The summed E-state index contributed by atoms with van der Waals surface area (Å²) in [7, 11) is 0. The minimum Gasteiger partial charge on any atom is -0.393 e. The van der Waals surface area contributed by atoms with E-state index in [1.165, 1.54) is 0 Å². The normalized spacial score (nSPS) is 9.82. The lowest BCUT2D eigenvalue weighted by molar-refractivity contribution is 0.334. The molecule has 0 saturated heterocycles. The van der Waals surface area contributed by atoms with Gasteiger partial charge in [0.2, 0.25) is 0 Å². The van der Waals surface area contributed by atoms with Crippen LogP contribution >= 0.6 is 0 Å². The van der Waals surface area contributed by atoms with E-state index in [1.807, 2.05) is 72.8 Å². The predicted octanol–water partition coefficient (Wildman–Crippen LogP) is 5.62. The third kappa shape index (κ3) is 2.77. The van der Waals surface area contributed by atoms with Gasteiger partial charge in [0.1, 0.15) is 11.0 Å². The van der Waals surface area contributed by atoms with Crippen molar-refractivity contribution in [3.05, 3.63) is 89.3 Å². The van der Waals surface area contributed by atoms with Gasteiger partial charge in [-0.15, -0.1) is 0 Å². The Hall–Kier alpha value is -3.23. The molecule has 0 radical (unpaired) electrons. The molecule has 0 saturated carbocycles. The second-order valence-corrected chi connectivity index (χ2v) is 4.67. The summed E-state index contributed by atoms with van der Waals surface area (Å²) in [4.78, 5) is 7.88. The fraction of sp³-hybridized carbons (Fsp3) is 0. The van der Waals surface area contributed by atoms with Crippen molar-refractivity contribution in [3.63, 3.8) is 0 Å². The van der Waals surface area contributed by atoms with E-state index in [0.717, 1.165) is 22.3 Å². The van der Waals surface area contributed by atoms with Crippen molar-refractivity contribution in [2.45, 2.75) is 0 Å². The number of hydrogen-bond donors (Lipinski definition) is 0. The largest absolute Gasteiger partial charge is 0.393 e. The molecule has 0 bridgehead atoms. The van der Waals surface area contributed by atoms with Gasteiger partial charge in [0.25, 0.3) is 0 Å². The highest BCUT2D eigenvalue weighted by Gasteiger charge is 2.13. The van der Waals surface area contributed by atoms with Crippen LogP contribution in [0.1, 0.15) is 0 Å². The van der Waals surface area contributed by atoms with E-state index in [9.17, 15) is 0 Å². The van der Waals surface area contributed by atoms with E-state index in [1.54, 1.807) is 6.07 Å². The topological polar surface area (TPSA) is 58.0 Å². The molecule has 4 nitrogen and oxygen atoms in total. The average Bonchev–Trinajstić information content (AvgIpc) is 2.61. The van der Waals surface area contributed by atoms with Crippen LogP contribution in [0.2, 0.25) is 0 Å². The Labute approximate surface area is 128 Å². The summed E-state index contributed by atoms with van der Waals surface area (Å²) in [5, 5.41) is 3.24. The molecule has 0 heterocycles. The van der Waals surface area contributed by atoms with Crippen LogP contribution in [-0.2, 0) is 0 Å². The Morgan fingerprint density at radius 1 is 0.727 bits per heavy atom. The molecule has 3 rings (SSSR count). The SMILES string of the molecule is [N-]=[N+]=NOc1cccc(-c2ccccc2)c1-c1ccccc1. The molecular weight excluding hydrogens is 274 g/mol. The Bertz CT molecular complexity index is 810. The molecule has 0 amide bonds. The zero-order valence-electron chi connectivity index (χ0n) is 11.8. The monoisotopic (exact) mass is 287 g/mol. The Balaban J connectivity index is 2.24. The van der Waals surface area contributed by atoms with E-state index >= 15 is 0 Å². The first-order chi connectivity index (χ1) is 10.9. The average molecular weight is 287 g/mol. The second-order valence-electron chi connectivity index (χ2n) is 4.67. The van der Waals surface area contributed by atoms with Gasteiger partial charge in [0.15, 0.2) is 0 Å². The van der Waals surface area contributed by atoms with E-state index < -0.39 is 0 Å². The highest BCUT2D eigenvalue weighted by Crippen LogP contribution is 2.39. The Kier molecular flexibility index (Phi) is 4.05. The molecule has 0 aliphatic carbocycles. The van der Waals surface area contributed by atoms with E-state index in [2.05, 4.69) is 10.2 Å². The van der Waals surface area contributed by atoms with Crippen molar-refractivity contribution in [1.82, 2.24) is 0 Å². The summed E-state index contributed by atoms with van der Waals surface area (Å²) >= 11 is 0. The zero-order valence-corrected chi connectivity index (χ0v) is 11.8. The number of benzene rings is 3. The number of azide groups is 1. The minimum atomic E-state index is 0.533. The van der Waals surface area contributed by atoms with Crippen molar-refractivity contribution in [1.29, 1.82) is 0 Å². The molecule has 106 valence electrons. The lowest BCUT2D eigenvalue weighted by Crippen LogP contribution is -1.90. The molecule has 0 fully saturated rings. The van der Waals surface area contributed by atoms with Gasteiger partial charge in [-0.2, -0.15) is 0 Å². The van der Waals surface area contributed by atoms with Crippen molar-refractivity contribution in [3.8, 4) is 28.0 Å². The van der Waals surface area contributed by atoms with E-state index in [-0.39, 0.29) is 0 Å². The first-order valence-corrected chi connectivity index (χ1v) is 6.85. The van der Waals surface area contributed by atoms with Crippen molar-refractivity contribution >= 4 is 0 Å². The fourth-order valence-corrected chi connectivity index (χ4v) is 2.43. The first-order valence-electron chi connectivity index (χ1n) is 6.85. The smallest absolute Gasteiger partial charge is 0.145 e. The molecule has 0 N–H and O–H groups in total. The molecular formula is C18H13N3O. The van der Waals surface area contributed by atoms with Gasteiger partial charge in [-0.3, -0.25) is 0 Å². The van der Waals surface area contributed by atoms with Crippen LogP contribution in [0.5, 0.6) is 5.75 Å². The third-order valence-electron chi connectivity index (χ3n) is 3.35. The molecule has 4 heteroatoms. The number of nitrogens with zero attached hydrogens (tertiary/aromatic N) is 3. The van der Waals surface area contributed by atoms with E-state index in [0.29, 0.717) is 5.75 Å². The predicted molar refractivity (Wildman–Crippen MR) is 87.1 cm³/mol. The standard InChI is InChI=1S/C18H13N3O/c19-20-21-22-17-13-7-12-16(14-8-3-1-4-9-14)18(17)15-10-5-2-6-11-15/h1-13H. The lowest BCUT2D eigenvalue weighted by atomic mass is 9.94. The van der Waals surface area contributed by atoms with Crippen molar-refractivity contribution < 1.29 is 4.84 Å². The van der Waals surface area contributed by atoms with Crippen LogP contribution < -0.4 is 4.84 Å². The summed E-state index contributed by atoms with van der Waals surface area (Å²) in [5.41, 5.74) is 12.5. The molecule has 3 aromatic carbocycles. The van der Waals surface area contributed by atoms with Crippen molar-refractivity contribution in [2.24, 2.45) is 5.28 Å². The molecule has 3 aromatic rings. The van der Waals surface area contributed by atoms with Crippen LogP contribution in [0.25, 0.3) is 32.7 Å². The highest BCUT2D eigenvalue weighted by atomic mass is 16.6. The van der Waals surface area contributed by atoms with Crippen LogP contribution in [0, 0.1) is 0 Å². The molecule has 0 spiro atoms. The quantitative estimate of drug-likeness (QED) is 0.266. The summed E-state index contributed by atoms with van der Waals surface area (Å²) in [6.07, 6.45) is 0. The van der Waals surface area contributed by atoms with Crippen molar-refractivity contribution in [2.75, 3.05) is 0 Å². The lowest BCUT2D eigenvalue weighted by Gasteiger charge is -2.13.